The lowest BCUT2D eigenvalue weighted by Gasteiger charge is -2.37. The molecule has 0 aliphatic carbocycles. The van der Waals surface area contributed by atoms with Crippen LogP contribution in [-0.4, -0.2) is 64.6 Å². The molecule has 0 aliphatic heterocycles. The van der Waals surface area contributed by atoms with Gasteiger partial charge in [0.25, 0.3) is 9.28 Å². The summed E-state index contributed by atoms with van der Waals surface area (Å²) in [6.07, 6.45) is 0. The van der Waals surface area contributed by atoms with Gasteiger partial charge in [-0.25, -0.2) is 0 Å². The van der Waals surface area contributed by atoms with Crippen molar-refractivity contribution in [2.75, 3.05) is 21.3 Å². The van der Waals surface area contributed by atoms with E-state index in [1.807, 2.05) is 0 Å². The molecule has 1 atom stereocenters. The molecule has 24 heavy (non-hydrogen) atoms. The van der Waals surface area contributed by atoms with E-state index in [-0.39, 0.29) is 0 Å². The van der Waals surface area contributed by atoms with Gasteiger partial charge in [-0.1, -0.05) is 0 Å². The van der Waals surface area contributed by atoms with Crippen LogP contribution in [0.3, 0.4) is 0 Å². The summed E-state index contributed by atoms with van der Waals surface area (Å²) in [4.78, 5) is 0. The minimum absolute atomic E-state index is 0.762. The van der Waals surface area contributed by atoms with Crippen LogP contribution in [0.25, 0.3) is 0 Å². The summed E-state index contributed by atoms with van der Waals surface area (Å²) in [5.41, 5.74) is 0. The number of hydrogen-bond acceptors (Lipinski definition) is 6. The molecule has 6 nitrogen and oxygen atoms in total. The van der Waals surface area contributed by atoms with Crippen LogP contribution >= 0.6 is 0 Å². The second-order valence-electron chi connectivity index (χ2n) is 7.97. The molecule has 146 valence electrons. The lowest BCUT2D eigenvalue weighted by molar-refractivity contribution is 0.124. The van der Waals surface area contributed by atoms with E-state index in [4.69, 9.17) is 25.6 Å². The highest BCUT2D eigenvalue weighted by atomic mass is 28.5. The summed E-state index contributed by atoms with van der Waals surface area (Å²) in [7, 11) is -4.95. The van der Waals surface area contributed by atoms with Crippen LogP contribution < -0.4 is 0 Å². The third-order valence-electron chi connectivity index (χ3n) is 3.46. The van der Waals surface area contributed by atoms with Gasteiger partial charge >= 0.3 is 17.4 Å². The van der Waals surface area contributed by atoms with Gasteiger partial charge in [-0.05, 0) is 58.4 Å². The predicted molar refractivity (Wildman–Crippen MR) is 111 cm³/mol. The van der Waals surface area contributed by atoms with Gasteiger partial charge in [0.2, 0.25) is 0 Å². The molecule has 0 aromatic rings. The third-order valence-corrected chi connectivity index (χ3v) is 20.1. The second-order valence-corrected chi connectivity index (χ2v) is 25.9. The van der Waals surface area contributed by atoms with E-state index in [9.17, 15) is 0 Å². The molecule has 0 radical (unpaired) electrons. The zero-order chi connectivity index (χ0) is 19.2. The molecule has 0 fully saturated rings. The van der Waals surface area contributed by atoms with E-state index in [1.165, 1.54) is 0 Å². The van der Waals surface area contributed by atoms with Crippen molar-refractivity contribution in [3.8, 4) is 0 Å². The smallest absolute Gasteiger partial charge is 0.439 e. The van der Waals surface area contributed by atoms with Gasteiger partial charge in [0.15, 0.2) is 16.6 Å². The summed E-state index contributed by atoms with van der Waals surface area (Å²) < 4.78 is 35.5. The molecule has 0 aliphatic rings. The first kappa shape index (κ1) is 24.8. The van der Waals surface area contributed by atoms with Gasteiger partial charge < -0.3 is 25.6 Å². The molecule has 0 bridgehead atoms. The van der Waals surface area contributed by atoms with Crippen molar-refractivity contribution in [1.82, 2.24) is 0 Å². The van der Waals surface area contributed by atoms with Crippen LogP contribution in [0.2, 0.25) is 64.5 Å². The Bertz CT molecular complexity index is 362. The summed E-state index contributed by atoms with van der Waals surface area (Å²) in [6.45, 7) is 17.4. The highest BCUT2D eigenvalue weighted by molar-refractivity contribution is 6.86. The summed E-state index contributed by atoms with van der Waals surface area (Å²) in [5, 5.41) is 0. The Balaban J connectivity index is 4.70. The Kier molecular flexibility index (Phi) is 10.0. The Morgan fingerprint density at radius 1 is 0.708 bits per heavy atom. The van der Waals surface area contributed by atoms with Crippen molar-refractivity contribution in [3.63, 3.8) is 0 Å². The lowest BCUT2D eigenvalue weighted by atomic mass is 10.9. The molecular formula is C13H38O6Si5. The highest BCUT2D eigenvalue weighted by Crippen LogP contribution is 2.26. The van der Waals surface area contributed by atoms with Crippen molar-refractivity contribution < 1.29 is 25.6 Å². The Hall–Kier alpha value is 0.844. The molecule has 0 saturated carbocycles. The van der Waals surface area contributed by atoms with E-state index in [2.05, 4.69) is 52.4 Å². The first-order chi connectivity index (χ1) is 10.7. The van der Waals surface area contributed by atoms with E-state index in [0.29, 0.717) is 0 Å². The van der Waals surface area contributed by atoms with Crippen LogP contribution in [0.15, 0.2) is 0 Å². The first-order valence-electron chi connectivity index (χ1n) is 8.41. The van der Waals surface area contributed by atoms with Gasteiger partial charge in [-0.15, -0.1) is 0 Å². The van der Waals surface area contributed by atoms with Crippen molar-refractivity contribution in [1.29, 1.82) is 0 Å². The van der Waals surface area contributed by atoms with Crippen LogP contribution in [-0.2, 0) is 25.6 Å². The average Bonchev–Trinajstić information content (AvgIpc) is 2.36. The lowest BCUT2D eigenvalue weighted by Crippen LogP contribution is -2.52. The van der Waals surface area contributed by atoms with Crippen LogP contribution in [0, 0.1) is 0 Å². The van der Waals surface area contributed by atoms with E-state index >= 15 is 0 Å². The summed E-state index contributed by atoms with van der Waals surface area (Å²) in [5.74, 6) is 0. The van der Waals surface area contributed by atoms with Gasteiger partial charge in [-0.2, -0.15) is 0 Å². The standard InChI is InChI=1S/C13H38O6Si5/c1-14-24(15-2,16-3)13-12-22(8,9)19-23(10,11)18-20(4)17-21(5,6)7/h20H,12-13H2,1-11H3. The SMILES string of the molecule is CO[Si](CC[Si](C)(C)O[Si](C)(C)O[SiH](C)O[Si](C)(C)C)(OC)OC. The minimum atomic E-state index is -2.55. The maximum Gasteiger partial charge on any atom is 0.499 e. The van der Waals surface area contributed by atoms with Crippen LogP contribution in [0.5, 0.6) is 0 Å². The molecule has 0 spiro atoms. The number of hydrogen-bond donors (Lipinski definition) is 0. The van der Waals surface area contributed by atoms with Crippen molar-refractivity contribution in [2.45, 2.75) is 64.5 Å². The van der Waals surface area contributed by atoms with Crippen LogP contribution in [0.4, 0.5) is 0 Å². The van der Waals surface area contributed by atoms with Crippen molar-refractivity contribution in [2.24, 2.45) is 0 Å². The normalized spacial score (nSPS) is 15.6. The molecule has 0 amide bonds. The average molecular weight is 431 g/mol. The molecule has 0 aromatic heterocycles. The maximum absolute atomic E-state index is 6.52. The van der Waals surface area contributed by atoms with E-state index in [0.717, 1.165) is 12.1 Å². The van der Waals surface area contributed by atoms with Crippen molar-refractivity contribution in [3.05, 3.63) is 0 Å². The van der Waals surface area contributed by atoms with Crippen molar-refractivity contribution >= 4 is 43.3 Å². The monoisotopic (exact) mass is 430 g/mol. The molecule has 0 heterocycles. The second kappa shape index (κ2) is 9.69. The third kappa shape index (κ3) is 10.1. The quantitative estimate of drug-likeness (QED) is 0.442. The molecule has 0 saturated heterocycles. The fourth-order valence-corrected chi connectivity index (χ4v) is 21.6. The van der Waals surface area contributed by atoms with E-state index in [1.54, 1.807) is 21.3 Å². The first-order valence-corrected chi connectivity index (χ1v) is 21.8. The van der Waals surface area contributed by atoms with Gasteiger partial charge in [0, 0.05) is 27.4 Å². The molecule has 1 unspecified atom stereocenters. The predicted octanol–water partition coefficient (Wildman–Crippen LogP) is 3.51. The molecular weight excluding hydrogens is 393 g/mol. The minimum Gasteiger partial charge on any atom is -0.439 e. The zero-order valence-electron chi connectivity index (χ0n) is 17.4. The number of rotatable bonds is 12. The fraction of sp³-hybridized carbons (Fsp3) is 1.00. The molecule has 0 rings (SSSR count). The Morgan fingerprint density at radius 2 is 1.17 bits per heavy atom. The topological polar surface area (TPSA) is 55.4 Å². The Morgan fingerprint density at radius 3 is 1.54 bits per heavy atom. The van der Waals surface area contributed by atoms with Gasteiger partial charge in [0.05, 0.1) is 0 Å². The summed E-state index contributed by atoms with van der Waals surface area (Å²) >= 11 is 0. The molecule has 11 heteroatoms. The molecule has 0 N–H and O–H groups in total. The summed E-state index contributed by atoms with van der Waals surface area (Å²) in [6, 6.07) is 1.68. The molecule has 0 aromatic carbocycles. The zero-order valence-corrected chi connectivity index (χ0v) is 22.6. The van der Waals surface area contributed by atoms with Crippen LogP contribution in [0.1, 0.15) is 0 Å². The Labute approximate surface area is 154 Å². The fourth-order valence-electron chi connectivity index (χ4n) is 2.67. The largest absolute Gasteiger partial charge is 0.499 e. The maximum atomic E-state index is 6.52. The van der Waals surface area contributed by atoms with Gasteiger partial charge in [0.1, 0.15) is 0 Å². The highest BCUT2D eigenvalue weighted by Gasteiger charge is 2.43. The van der Waals surface area contributed by atoms with E-state index < -0.39 is 43.3 Å². The van der Waals surface area contributed by atoms with Gasteiger partial charge in [-0.3, -0.25) is 0 Å².